The lowest BCUT2D eigenvalue weighted by atomic mass is 10.1. The smallest absolute Gasteiger partial charge is 0.288 e. The highest BCUT2D eigenvalue weighted by Crippen LogP contribution is 2.26. The molecular weight excluding hydrogens is 505 g/mol. The Morgan fingerprint density at radius 1 is 1.14 bits per heavy atom. The average Bonchev–Trinajstić information content (AvgIpc) is 3.26. The fraction of sp³-hybridized carbons (Fsp3) is 0.308. The Labute approximate surface area is 218 Å². The molecule has 1 atom stereocenters. The number of nitro benzene ring substituents is 1. The average molecular weight is 532 g/mol. The number of nitro groups is 1. The quantitative estimate of drug-likeness (QED) is 0.229. The van der Waals surface area contributed by atoms with E-state index in [0.29, 0.717) is 13.0 Å². The van der Waals surface area contributed by atoms with Crippen LogP contribution < -0.4 is 0 Å². The molecule has 0 aliphatic carbocycles. The molecule has 190 valence electrons. The van der Waals surface area contributed by atoms with Crippen LogP contribution in [0.2, 0.25) is 5.02 Å². The minimum atomic E-state index is -0.647. The van der Waals surface area contributed by atoms with Crippen LogP contribution in [0.1, 0.15) is 46.6 Å². The molecule has 10 heteroatoms. The molecule has 0 N–H and O–H groups in total. The highest BCUT2D eigenvalue weighted by molar-refractivity contribution is 7.10. The highest BCUT2D eigenvalue weighted by atomic mass is 35.5. The first-order chi connectivity index (χ1) is 17.1. The SMILES string of the molecule is CC[C@@H](C)N(CC(=O)N(Cc1ccc(F)cc1)Cc1sccc1C)C(=O)c1ccc(Cl)c([N+](=O)[O-])c1. The number of carbonyl (C=O) groups excluding carboxylic acids is 2. The first-order valence-electron chi connectivity index (χ1n) is 11.4. The number of benzene rings is 2. The lowest BCUT2D eigenvalue weighted by Crippen LogP contribution is -2.46. The zero-order valence-corrected chi connectivity index (χ0v) is 21.8. The maximum absolute atomic E-state index is 13.6. The van der Waals surface area contributed by atoms with Crippen LogP contribution in [0.4, 0.5) is 10.1 Å². The van der Waals surface area contributed by atoms with Gasteiger partial charge in [-0.15, -0.1) is 11.3 Å². The second-order valence-corrected chi connectivity index (χ2v) is 9.92. The molecular formula is C26H27ClFN3O4S. The van der Waals surface area contributed by atoms with Crippen LogP contribution in [-0.2, 0) is 17.9 Å². The number of thiophene rings is 1. The number of carbonyl (C=O) groups is 2. The van der Waals surface area contributed by atoms with Crippen LogP contribution in [0.3, 0.4) is 0 Å². The van der Waals surface area contributed by atoms with Gasteiger partial charge in [-0.3, -0.25) is 19.7 Å². The molecule has 0 saturated carbocycles. The second kappa shape index (κ2) is 12.1. The van der Waals surface area contributed by atoms with E-state index in [2.05, 4.69) is 0 Å². The first kappa shape index (κ1) is 27.3. The van der Waals surface area contributed by atoms with Gasteiger partial charge in [0, 0.05) is 29.1 Å². The van der Waals surface area contributed by atoms with Crippen molar-refractivity contribution in [3.63, 3.8) is 0 Å². The molecule has 0 aliphatic heterocycles. The fourth-order valence-corrected chi connectivity index (χ4v) is 4.73. The summed E-state index contributed by atoms with van der Waals surface area (Å²) in [6.45, 7) is 6.05. The molecule has 2 aromatic carbocycles. The molecule has 0 unspecified atom stereocenters. The summed E-state index contributed by atoms with van der Waals surface area (Å²) in [6, 6.07) is 11.5. The van der Waals surface area contributed by atoms with Crippen LogP contribution in [0.15, 0.2) is 53.9 Å². The van der Waals surface area contributed by atoms with Crippen LogP contribution in [0.5, 0.6) is 0 Å². The van der Waals surface area contributed by atoms with Gasteiger partial charge in [0.2, 0.25) is 5.91 Å². The zero-order valence-electron chi connectivity index (χ0n) is 20.2. The number of aryl methyl sites for hydroxylation is 1. The third-order valence-electron chi connectivity index (χ3n) is 6.02. The molecule has 0 bridgehead atoms. The lowest BCUT2D eigenvalue weighted by Gasteiger charge is -2.31. The minimum Gasteiger partial charge on any atom is -0.332 e. The summed E-state index contributed by atoms with van der Waals surface area (Å²) in [4.78, 5) is 41.7. The third-order valence-corrected chi connectivity index (χ3v) is 7.35. The number of hydrogen-bond acceptors (Lipinski definition) is 5. The largest absolute Gasteiger partial charge is 0.332 e. The van der Waals surface area contributed by atoms with E-state index in [-0.39, 0.29) is 47.1 Å². The van der Waals surface area contributed by atoms with Gasteiger partial charge >= 0.3 is 0 Å². The first-order valence-corrected chi connectivity index (χ1v) is 12.7. The van der Waals surface area contributed by atoms with Crippen molar-refractivity contribution >= 4 is 40.4 Å². The Morgan fingerprint density at radius 2 is 1.83 bits per heavy atom. The summed E-state index contributed by atoms with van der Waals surface area (Å²) < 4.78 is 13.4. The van der Waals surface area contributed by atoms with Crippen molar-refractivity contribution < 1.29 is 18.9 Å². The Morgan fingerprint density at radius 3 is 2.42 bits per heavy atom. The summed E-state index contributed by atoms with van der Waals surface area (Å²) in [7, 11) is 0. The predicted molar refractivity (Wildman–Crippen MR) is 139 cm³/mol. The van der Waals surface area contributed by atoms with Gasteiger partial charge in [0.1, 0.15) is 17.4 Å². The van der Waals surface area contributed by atoms with Gasteiger partial charge in [-0.05, 0) is 67.1 Å². The van der Waals surface area contributed by atoms with Gasteiger partial charge in [-0.2, -0.15) is 0 Å². The Balaban J connectivity index is 1.89. The molecule has 1 aromatic heterocycles. The molecule has 0 saturated heterocycles. The molecule has 0 fully saturated rings. The van der Waals surface area contributed by atoms with Gasteiger partial charge in [-0.25, -0.2) is 4.39 Å². The molecule has 0 spiro atoms. The van der Waals surface area contributed by atoms with E-state index in [4.69, 9.17) is 11.6 Å². The van der Waals surface area contributed by atoms with Crippen molar-refractivity contribution in [1.29, 1.82) is 0 Å². The van der Waals surface area contributed by atoms with E-state index in [1.54, 1.807) is 17.0 Å². The summed E-state index contributed by atoms with van der Waals surface area (Å²) in [5.41, 5.74) is 1.52. The molecule has 1 heterocycles. The van der Waals surface area contributed by atoms with Crippen molar-refractivity contribution in [3.05, 3.63) is 96.4 Å². The normalized spacial score (nSPS) is 11.7. The predicted octanol–water partition coefficient (Wildman–Crippen LogP) is 6.23. The van der Waals surface area contributed by atoms with Gasteiger partial charge in [0.15, 0.2) is 0 Å². The number of nitrogens with zero attached hydrogens (tertiary/aromatic N) is 3. The molecule has 3 rings (SSSR count). The Bertz CT molecular complexity index is 1250. The summed E-state index contributed by atoms with van der Waals surface area (Å²) >= 11 is 7.44. The number of hydrogen-bond donors (Lipinski definition) is 0. The van der Waals surface area contributed by atoms with E-state index in [1.807, 2.05) is 32.2 Å². The lowest BCUT2D eigenvalue weighted by molar-refractivity contribution is -0.384. The van der Waals surface area contributed by atoms with Crippen LogP contribution in [0.25, 0.3) is 0 Å². The number of amides is 2. The van der Waals surface area contributed by atoms with Gasteiger partial charge in [-0.1, -0.05) is 30.7 Å². The van der Waals surface area contributed by atoms with Crippen LogP contribution >= 0.6 is 22.9 Å². The summed E-state index contributed by atoms with van der Waals surface area (Å²) in [5.74, 6) is -1.15. The number of halogens is 2. The van der Waals surface area contributed by atoms with E-state index in [0.717, 1.165) is 22.1 Å². The van der Waals surface area contributed by atoms with Gasteiger partial charge in [0.05, 0.1) is 11.5 Å². The van der Waals surface area contributed by atoms with E-state index >= 15 is 0 Å². The zero-order chi connectivity index (χ0) is 26.4. The molecule has 0 aliphatic rings. The number of rotatable bonds is 10. The second-order valence-electron chi connectivity index (χ2n) is 8.52. The Kier molecular flexibility index (Phi) is 9.17. The summed E-state index contributed by atoms with van der Waals surface area (Å²) in [6.07, 6.45) is 0.580. The van der Waals surface area contributed by atoms with Crippen molar-refractivity contribution in [3.8, 4) is 0 Å². The minimum absolute atomic E-state index is 0.0699. The molecule has 2 amide bonds. The fourth-order valence-electron chi connectivity index (χ4n) is 3.63. The van der Waals surface area contributed by atoms with Gasteiger partial charge < -0.3 is 9.80 Å². The topological polar surface area (TPSA) is 83.8 Å². The maximum Gasteiger partial charge on any atom is 0.288 e. The van der Waals surface area contributed by atoms with Crippen molar-refractivity contribution in [2.45, 2.75) is 46.3 Å². The van der Waals surface area contributed by atoms with Crippen LogP contribution in [0, 0.1) is 22.9 Å². The van der Waals surface area contributed by atoms with E-state index in [1.165, 1.54) is 40.5 Å². The summed E-state index contributed by atoms with van der Waals surface area (Å²) in [5, 5.41) is 13.2. The monoisotopic (exact) mass is 531 g/mol. The maximum atomic E-state index is 13.6. The van der Waals surface area contributed by atoms with Crippen molar-refractivity contribution in [2.75, 3.05) is 6.54 Å². The Hall–Kier alpha value is -3.30. The third kappa shape index (κ3) is 6.67. The van der Waals surface area contributed by atoms with E-state index in [9.17, 15) is 24.1 Å². The molecule has 7 nitrogen and oxygen atoms in total. The van der Waals surface area contributed by atoms with Crippen molar-refractivity contribution in [1.82, 2.24) is 9.80 Å². The highest BCUT2D eigenvalue weighted by Gasteiger charge is 2.28. The van der Waals surface area contributed by atoms with Crippen molar-refractivity contribution in [2.24, 2.45) is 0 Å². The molecule has 36 heavy (non-hydrogen) atoms. The van der Waals surface area contributed by atoms with Gasteiger partial charge in [0.25, 0.3) is 11.6 Å². The van der Waals surface area contributed by atoms with E-state index < -0.39 is 10.8 Å². The molecule has 3 aromatic rings. The molecule has 0 radical (unpaired) electrons. The van der Waals surface area contributed by atoms with Crippen LogP contribution in [-0.4, -0.2) is 39.1 Å². The standard InChI is InChI=1S/C26H27ClFN3O4S/c1-4-18(3)30(26(33)20-7-10-22(27)23(13-20)31(34)35)16-25(32)29(15-24-17(2)11-12-36-24)14-19-5-8-21(28)9-6-19/h5-13,18H,4,14-16H2,1-3H3/t18-/m1/s1.